The summed E-state index contributed by atoms with van der Waals surface area (Å²) in [5.41, 5.74) is 0.943. The van der Waals surface area contributed by atoms with Gasteiger partial charge in [0.15, 0.2) is 0 Å². The van der Waals surface area contributed by atoms with Crippen molar-refractivity contribution in [3.8, 4) is 0 Å². The van der Waals surface area contributed by atoms with E-state index in [0.29, 0.717) is 13.0 Å². The fourth-order valence-electron chi connectivity index (χ4n) is 2.58. The Bertz CT molecular complexity index is 433. The largest absolute Gasteiger partial charge is 0.369 e. The monoisotopic (exact) mass is 276 g/mol. The highest BCUT2D eigenvalue weighted by molar-refractivity contribution is 5.76. The minimum absolute atomic E-state index is 0.252. The van der Waals surface area contributed by atoms with E-state index in [4.69, 9.17) is 0 Å². The molecular weight excluding hydrogens is 252 g/mol. The molecule has 0 aromatic carbocycles. The first-order valence-electron chi connectivity index (χ1n) is 7.49. The van der Waals surface area contributed by atoms with Crippen molar-refractivity contribution < 1.29 is 4.79 Å². The number of carbonyl (C=O) groups is 1. The fraction of sp³-hybridized carbons (Fsp3) is 0.667. The number of carbonyl (C=O) groups excluding carboxylic acids is 1. The van der Waals surface area contributed by atoms with Gasteiger partial charge in [0.05, 0.1) is 0 Å². The summed E-state index contributed by atoms with van der Waals surface area (Å²) in [6.45, 7) is 6.29. The number of aromatic nitrogens is 2. The maximum Gasteiger partial charge on any atom is 0.224 e. The molecule has 0 bridgehead atoms. The molecule has 5 heteroatoms. The predicted octanol–water partition coefficient (Wildman–Crippen LogP) is 2.30. The zero-order valence-electron chi connectivity index (χ0n) is 12.5. The second-order valence-corrected chi connectivity index (χ2v) is 5.41. The van der Waals surface area contributed by atoms with E-state index in [0.717, 1.165) is 43.3 Å². The molecule has 20 heavy (non-hydrogen) atoms. The van der Waals surface area contributed by atoms with Crippen LogP contribution in [0.3, 0.4) is 0 Å². The van der Waals surface area contributed by atoms with Gasteiger partial charge in [0, 0.05) is 37.8 Å². The summed E-state index contributed by atoms with van der Waals surface area (Å²) in [7, 11) is 0. The van der Waals surface area contributed by atoms with Gasteiger partial charge in [-0.3, -0.25) is 4.79 Å². The molecule has 0 unspecified atom stereocenters. The van der Waals surface area contributed by atoms with E-state index in [1.165, 1.54) is 12.8 Å². The standard InChI is InChI=1S/C15H24N4O/c1-12-11-14(18-13(2)17-12)16-8-7-15(20)19-9-5-3-4-6-10-19/h11H,3-10H2,1-2H3,(H,16,17,18). The molecule has 1 N–H and O–H groups in total. The van der Waals surface area contributed by atoms with Crippen molar-refractivity contribution in [2.45, 2.75) is 46.0 Å². The molecule has 5 nitrogen and oxygen atoms in total. The van der Waals surface area contributed by atoms with Crippen LogP contribution in [0.1, 0.15) is 43.6 Å². The SMILES string of the molecule is Cc1cc(NCCC(=O)N2CCCCCC2)nc(C)n1. The third kappa shape index (κ3) is 4.47. The molecule has 0 aliphatic carbocycles. The molecule has 1 saturated heterocycles. The maximum absolute atomic E-state index is 12.1. The maximum atomic E-state index is 12.1. The van der Waals surface area contributed by atoms with Crippen LogP contribution in [0.5, 0.6) is 0 Å². The number of amides is 1. The van der Waals surface area contributed by atoms with Gasteiger partial charge < -0.3 is 10.2 Å². The molecule has 1 aromatic heterocycles. The van der Waals surface area contributed by atoms with Crippen LogP contribution in [0.25, 0.3) is 0 Å². The smallest absolute Gasteiger partial charge is 0.224 e. The Kier molecular flexibility index (Phi) is 5.32. The van der Waals surface area contributed by atoms with Gasteiger partial charge in [-0.05, 0) is 26.7 Å². The summed E-state index contributed by atoms with van der Waals surface area (Å²) in [4.78, 5) is 22.7. The Labute approximate surface area is 120 Å². The minimum Gasteiger partial charge on any atom is -0.369 e. The van der Waals surface area contributed by atoms with Crippen LogP contribution in [-0.4, -0.2) is 40.4 Å². The fourth-order valence-corrected chi connectivity index (χ4v) is 2.58. The van der Waals surface area contributed by atoms with Gasteiger partial charge in [-0.25, -0.2) is 9.97 Å². The van der Waals surface area contributed by atoms with Crippen molar-refractivity contribution in [2.75, 3.05) is 25.0 Å². The molecule has 1 fully saturated rings. The quantitative estimate of drug-likeness (QED) is 0.916. The van der Waals surface area contributed by atoms with E-state index in [9.17, 15) is 4.79 Å². The highest BCUT2D eigenvalue weighted by Crippen LogP contribution is 2.11. The van der Waals surface area contributed by atoms with Gasteiger partial charge in [-0.2, -0.15) is 0 Å². The van der Waals surface area contributed by atoms with Gasteiger partial charge >= 0.3 is 0 Å². The number of hydrogen-bond acceptors (Lipinski definition) is 4. The third-order valence-corrected chi connectivity index (χ3v) is 3.57. The van der Waals surface area contributed by atoms with Crippen LogP contribution in [0.2, 0.25) is 0 Å². The first-order chi connectivity index (χ1) is 9.65. The van der Waals surface area contributed by atoms with E-state index in [1.54, 1.807) is 0 Å². The van der Waals surface area contributed by atoms with Crippen molar-refractivity contribution in [1.29, 1.82) is 0 Å². The van der Waals surface area contributed by atoms with Gasteiger partial charge in [-0.15, -0.1) is 0 Å². The number of aryl methyl sites for hydroxylation is 2. The van der Waals surface area contributed by atoms with Crippen LogP contribution < -0.4 is 5.32 Å². The van der Waals surface area contributed by atoms with Gasteiger partial charge in [0.25, 0.3) is 0 Å². The van der Waals surface area contributed by atoms with E-state index >= 15 is 0 Å². The lowest BCUT2D eigenvalue weighted by atomic mass is 10.2. The Morgan fingerprint density at radius 1 is 1.20 bits per heavy atom. The van der Waals surface area contributed by atoms with E-state index in [1.807, 2.05) is 24.8 Å². The third-order valence-electron chi connectivity index (χ3n) is 3.57. The van der Waals surface area contributed by atoms with Crippen LogP contribution in [0, 0.1) is 13.8 Å². The van der Waals surface area contributed by atoms with Crippen molar-refractivity contribution >= 4 is 11.7 Å². The van der Waals surface area contributed by atoms with Gasteiger partial charge in [0.2, 0.25) is 5.91 Å². The first-order valence-corrected chi connectivity index (χ1v) is 7.49. The number of rotatable bonds is 4. The summed E-state index contributed by atoms with van der Waals surface area (Å²) in [6, 6.07) is 1.91. The lowest BCUT2D eigenvalue weighted by Gasteiger charge is -2.20. The van der Waals surface area contributed by atoms with Crippen LogP contribution in [0.4, 0.5) is 5.82 Å². The highest BCUT2D eigenvalue weighted by atomic mass is 16.2. The summed E-state index contributed by atoms with van der Waals surface area (Å²) in [5.74, 6) is 1.81. The minimum atomic E-state index is 0.252. The van der Waals surface area contributed by atoms with E-state index in [-0.39, 0.29) is 5.91 Å². The van der Waals surface area contributed by atoms with Crippen LogP contribution >= 0.6 is 0 Å². The molecule has 2 rings (SSSR count). The normalized spacial score (nSPS) is 15.8. The molecule has 0 spiro atoms. The van der Waals surface area contributed by atoms with Crippen molar-refractivity contribution in [1.82, 2.24) is 14.9 Å². The van der Waals surface area contributed by atoms with Crippen LogP contribution in [-0.2, 0) is 4.79 Å². The van der Waals surface area contributed by atoms with Crippen molar-refractivity contribution in [3.63, 3.8) is 0 Å². The molecule has 0 radical (unpaired) electrons. The summed E-state index contributed by atoms with van der Waals surface area (Å²) in [5, 5.41) is 3.21. The average molecular weight is 276 g/mol. The Morgan fingerprint density at radius 3 is 2.55 bits per heavy atom. The Hall–Kier alpha value is -1.65. The van der Waals surface area contributed by atoms with E-state index < -0.39 is 0 Å². The molecule has 1 aromatic rings. The molecule has 1 amide bonds. The summed E-state index contributed by atoms with van der Waals surface area (Å²) >= 11 is 0. The Morgan fingerprint density at radius 2 is 1.90 bits per heavy atom. The number of likely N-dealkylation sites (tertiary alicyclic amines) is 1. The first kappa shape index (κ1) is 14.8. The molecule has 0 saturated carbocycles. The summed E-state index contributed by atoms with van der Waals surface area (Å²) < 4.78 is 0. The van der Waals surface area contributed by atoms with Crippen LogP contribution in [0.15, 0.2) is 6.07 Å². The topological polar surface area (TPSA) is 58.1 Å². The van der Waals surface area contributed by atoms with Crippen molar-refractivity contribution in [3.05, 3.63) is 17.6 Å². The Balaban J connectivity index is 1.78. The number of anilines is 1. The zero-order valence-corrected chi connectivity index (χ0v) is 12.5. The highest BCUT2D eigenvalue weighted by Gasteiger charge is 2.14. The van der Waals surface area contributed by atoms with Crippen molar-refractivity contribution in [2.24, 2.45) is 0 Å². The van der Waals surface area contributed by atoms with Gasteiger partial charge in [-0.1, -0.05) is 12.8 Å². The molecule has 110 valence electrons. The lowest BCUT2D eigenvalue weighted by molar-refractivity contribution is -0.130. The zero-order chi connectivity index (χ0) is 14.4. The second-order valence-electron chi connectivity index (χ2n) is 5.41. The number of nitrogens with zero attached hydrogens (tertiary/aromatic N) is 3. The second kappa shape index (κ2) is 7.22. The lowest BCUT2D eigenvalue weighted by Crippen LogP contribution is -2.32. The molecule has 2 heterocycles. The van der Waals surface area contributed by atoms with E-state index in [2.05, 4.69) is 15.3 Å². The molecule has 1 aliphatic heterocycles. The summed E-state index contributed by atoms with van der Waals surface area (Å²) in [6.07, 6.45) is 5.32. The number of nitrogens with one attached hydrogen (secondary N) is 1. The predicted molar refractivity (Wildman–Crippen MR) is 79.7 cm³/mol. The molecular formula is C15H24N4O. The average Bonchev–Trinajstić information content (AvgIpc) is 2.66. The molecule has 1 aliphatic rings. The molecule has 0 atom stereocenters. The van der Waals surface area contributed by atoms with Gasteiger partial charge in [0.1, 0.15) is 11.6 Å². The number of hydrogen-bond donors (Lipinski definition) is 1.